The lowest BCUT2D eigenvalue weighted by Gasteiger charge is -2.12. The molecule has 1 aromatic rings. The summed E-state index contributed by atoms with van der Waals surface area (Å²) in [6.07, 6.45) is -3.84. The third kappa shape index (κ3) is 3.45. The van der Waals surface area contributed by atoms with Gasteiger partial charge in [0.15, 0.2) is 18.1 Å². The van der Waals surface area contributed by atoms with Crippen molar-refractivity contribution in [2.45, 2.75) is 6.18 Å². The largest absolute Gasteiger partial charge is 0.493 e. The monoisotopic (exact) mass is 234 g/mol. The van der Waals surface area contributed by atoms with Crippen LogP contribution in [-0.4, -0.2) is 26.2 Å². The lowest BCUT2D eigenvalue weighted by Crippen LogP contribution is -2.19. The summed E-state index contributed by atoms with van der Waals surface area (Å²) < 4.78 is 45.0. The Hall–Kier alpha value is -1.72. The highest BCUT2D eigenvalue weighted by Gasteiger charge is 2.28. The molecule has 3 nitrogen and oxygen atoms in total. The highest BCUT2D eigenvalue weighted by Crippen LogP contribution is 2.29. The minimum Gasteiger partial charge on any atom is -0.493 e. The molecule has 0 aliphatic carbocycles. The van der Waals surface area contributed by atoms with Gasteiger partial charge in [-0.05, 0) is 18.2 Å². The molecular weight excluding hydrogens is 225 g/mol. The van der Waals surface area contributed by atoms with Crippen LogP contribution in [-0.2, 0) is 0 Å². The Bertz CT molecular complexity index is 374. The van der Waals surface area contributed by atoms with Crippen LogP contribution in [0.1, 0.15) is 10.4 Å². The molecule has 0 unspecified atom stereocenters. The summed E-state index contributed by atoms with van der Waals surface area (Å²) in [4.78, 5) is 10.4. The van der Waals surface area contributed by atoms with E-state index in [4.69, 9.17) is 4.74 Å². The van der Waals surface area contributed by atoms with E-state index in [-0.39, 0.29) is 11.5 Å². The number of hydrogen-bond donors (Lipinski definition) is 0. The molecule has 0 saturated heterocycles. The summed E-state index contributed by atoms with van der Waals surface area (Å²) >= 11 is 0. The van der Waals surface area contributed by atoms with Crippen molar-refractivity contribution < 1.29 is 27.4 Å². The molecule has 88 valence electrons. The van der Waals surface area contributed by atoms with Gasteiger partial charge < -0.3 is 9.47 Å². The predicted octanol–water partition coefficient (Wildman–Crippen LogP) is 2.45. The zero-order chi connectivity index (χ0) is 12.2. The van der Waals surface area contributed by atoms with Crippen LogP contribution >= 0.6 is 0 Å². The Morgan fingerprint density at radius 1 is 1.31 bits per heavy atom. The molecule has 0 fully saturated rings. The number of aldehydes is 1. The molecule has 0 N–H and O–H groups in total. The molecule has 0 amide bonds. The van der Waals surface area contributed by atoms with Crippen LogP contribution in [0.5, 0.6) is 11.5 Å². The average molecular weight is 234 g/mol. The van der Waals surface area contributed by atoms with Gasteiger partial charge in [-0.2, -0.15) is 13.2 Å². The summed E-state index contributed by atoms with van der Waals surface area (Å²) in [5.41, 5.74) is 0.302. The first-order valence-electron chi connectivity index (χ1n) is 4.29. The molecule has 0 spiro atoms. The molecule has 0 aromatic heterocycles. The van der Waals surface area contributed by atoms with E-state index in [1.807, 2.05) is 0 Å². The van der Waals surface area contributed by atoms with Gasteiger partial charge in [-0.1, -0.05) is 0 Å². The number of carbonyl (C=O) groups excluding carboxylic acids is 1. The highest BCUT2D eigenvalue weighted by atomic mass is 19.4. The van der Waals surface area contributed by atoms with E-state index in [1.165, 1.54) is 25.3 Å². The molecule has 1 aromatic carbocycles. The van der Waals surface area contributed by atoms with Crippen LogP contribution in [0.15, 0.2) is 18.2 Å². The smallest absolute Gasteiger partial charge is 0.422 e. The maximum Gasteiger partial charge on any atom is 0.422 e. The van der Waals surface area contributed by atoms with Crippen LogP contribution in [0.4, 0.5) is 13.2 Å². The minimum absolute atomic E-state index is 0.0505. The maximum absolute atomic E-state index is 11.9. The maximum atomic E-state index is 11.9. The summed E-state index contributed by atoms with van der Waals surface area (Å²) in [7, 11) is 1.28. The Balaban J connectivity index is 2.83. The number of alkyl halides is 3. The van der Waals surface area contributed by atoms with E-state index in [1.54, 1.807) is 0 Å². The van der Waals surface area contributed by atoms with Gasteiger partial charge in [0.1, 0.15) is 6.29 Å². The molecule has 6 heteroatoms. The van der Waals surface area contributed by atoms with Crippen molar-refractivity contribution >= 4 is 6.29 Å². The topological polar surface area (TPSA) is 35.5 Å². The van der Waals surface area contributed by atoms with Gasteiger partial charge in [-0.15, -0.1) is 0 Å². The van der Waals surface area contributed by atoms with Crippen molar-refractivity contribution in [1.82, 2.24) is 0 Å². The quantitative estimate of drug-likeness (QED) is 0.750. The number of rotatable bonds is 4. The minimum atomic E-state index is -4.41. The van der Waals surface area contributed by atoms with Crippen molar-refractivity contribution in [3.63, 3.8) is 0 Å². The van der Waals surface area contributed by atoms with Crippen molar-refractivity contribution in [2.24, 2.45) is 0 Å². The number of hydrogen-bond acceptors (Lipinski definition) is 3. The Morgan fingerprint density at radius 3 is 2.50 bits per heavy atom. The number of halogens is 3. The third-order valence-electron chi connectivity index (χ3n) is 1.72. The van der Waals surface area contributed by atoms with Crippen molar-refractivity contribution in [3.05, 3.63) is 23.8 Å². The second-order valence-electron chi connectivity index (χ2n) is 2.93. The van der Waals surface area contributed by atoms with E-state index in [9.17, 15) is 18.0 Å². The molecule has 0 radical (unpaired) electrons. The number of benzene rings is 1. The van der Waals surface area contributed by atoms with Gasteiger partial charge in [0.2, 0.25) is 0 Å². The lowest BCUT2D eigenvalue weighted by molar-refractivity contribution is -0.153. The molecule has 1 rings (SSSR count). The Kier molecular flexibility index (Phi) is 3.76. The molecule has 0 heterocycles. The van der Waals surface area contributed by atoms with Crippen LogP contribution in [0.25, 0.3) is 0 Å². The summed E-state index contributed by atoms with van der Waals surface area (Å²) in [5.74, 6) is 0.0410. The molecule has 0 saturated carbocycles. The third-order valence-corrected chi connectivity index (χ3v) is 1.72. The molecule has 0 atom stereocenters. The van der Waals surface area contributed by atoms with Crippen molar-refractivity contribution in [2.75, 3.05) is 13.7 Å². The van der Waals surface area contributed by atoms with Crippen LogP contribution in [0.3, 0.4) is 0 Å². The molecule has 16 heavy (non-hydrogen) atoms. The van der Waals surface area contributed by atoms with Gasteiger partial charge in [0, 0.05) is 5.56 Å². The second kappa shape index (κ2) is 4.87. The fourth-order valence-electron chi connectivity index (χ4n) is 1.04. The van der Waals surface area contributed by atoms with Crippen LogP contribution < -0.4 is 9.47 Å². The number of ether oxygens (including phenoxy) is 2. The Morgan fingerprint density at radius 2 is 2.00 bits per heavy atom. The van der Waals surface area contributed by atoms with Crippen molar-refractivity contribution in [3.8, 4) is 11.5 Å². The lowest BCUT2D eigenvalue weighted by atomic mass is 10.2. The summed E-state index contributed by atoms with van der Waals surface area (Å²) in [6, 6.07) is 3.91. The Labute approximate surface area is 89.8 Å². The molecular formula is C10H9F3O3. The highest BCUT2D eigenvalue weighted by molar-refractivity contribution is 5.76. The second-order valence-corrected chi connectivity index (χ2v) is 2.93. The first-order chi connectivity index (χ1) is 7.46. The number of carbonyl (C=O) groups is 1. The first-order valence-corrected chi connectivity index (χ1v) is 4.29. The van der Waals surface area contributed by atoms with Gasteiger partial charge >= 0.3 is 6.18 Å². The van der Waals surface area contributed by atoms with E-state index in [0.717, 1.165) is 0 Å². The zero-order valence-corrected chi connectivity index (χ0v) is 8.38. The van der Waals surface area contributed by atoms with Crippen molar-refractivity contribution in [1.29, 1.82) is 0 Å². The summed E-state index contributed by atoms with van der Waals surface area (Å²) in [5, 5.41) is 0. The van der Waals surface area contributed by atoms with E-state index in [0.29, 0.717) is 11.8 Å². The average Bonchev–Trinajstić information content (AvgIpc) is 2.25. The van der Waals surface area contributed by atoms with Gasteiger partial charge in [0.05, 0.1) is 7.11 Å². The van der Waals surface area contributed by atoms with Gasteiger partial charge in [-0.25, -0.2) is 0 Å². The van der Waals surface area contributed by atoms with Gasteiger partial charge in [-0.3, -0.25) is 4.79 Å². The predicted molar refractivity (Wildman–Crippen MR) is 49.9 cm³/mol. The molecule has 0 aliphatic heterocycles. The SMILES string of the molecule is COc1cc(C=O)ccc1OCC(F)(F)F. The normalized spacial score (nSPS) is 11.0. The fourth-order valence-corrected chi connectivity index (χ4v) is 1.04. The first kappa shape index (κ1) is 12.4. The van der Waals surface area contributed by atoms with E-state index >= 15 is 0 Å². The zero-order valence-electron chi connectivity index (χ0n) is 8.38. The fraction of sp³-hybridized carbons (Fsp3) is 0.300. The number of methoxy groups -OCH3 is 1. The molecule has 0 bridgehead atoms. The van der Waals surface area contributed by atoms with Crippen LogP contribution in [0.2, 0.25) is 0 Å². The van der Waals surface area contributed by atoms with E-state index in [2.05, 4.69) is 4.74 Å². The van der Waals surface area contributed by atoms with E-state index < -0.39 is 12.8 Å². The molecule has 0 aliphatic rings. The standard InChI is InChI=1S/C10H9F3O3/c1-15-9-4-7(5-14)2-3-8(9)16-6-10(11,12)13/h2-5H,6H2,1H3. The summed E-state index contributed by atoms with van der Waals surface area (Å²) in [6.45, 7) is -1.40. The van der Waals surface area contributed by atoms with Gasteiger partial charge in [0.25, 0.3) is 0 Å². The van der Waals surface area contributed by atoms with Crippen LogP contribution in [0, 0.1) is 0 Å².